The van der Waals surface area contributed by atoms with Gasteiger partial charge in [-0.3, -0.25) is 9.78 Å². The normalized spacial score (nSPS) is 9.65. The van der Waals surface area contributed by atoms with Crippen LogP contribution < -0.4 is 5.32 Å². The molecule has 5 heteroatoms. The van der Waals surface area contributed by atoms with Crippen LogP contribution in [0.15, 0.2) is 53.7 Å². The molecule has 0 unspecified atom stereocenters. The third kappa shape index (κ3) is 4.87. The minimum Gasteiger partial charge on any atom is -0.352 e. The summed E-state index contributed by atoms with van der Waals surface area (Å²) in [4.78, 5) is 17.0. The van der Waals surface area contributed by atoms with Gasteiger partial charge in [0, 0.05) is 23.8 Å². The highest BCUT2D eigenvalue weighted by atomic mass is 35.5. The zero-order chi connectivity index (χ0) is 13.5. The van der Waals surface area contributed by atoms with Gasteiger partial charge in [0.25, 0.3) is 5.91 Å². The molecule has 2 rings (SSSR count). The summed E-state index contributed by atoms with van der Waals surface area (Å²) in [6.45, 7) is 0.631. The van der Waals surface area contributed by atoms with Crippen LogP contribution in [0, 0.1) is 0 Å². The lowest BCUT2D eigenvalue weighted by molar-refractivity contribution is 0.0954. The van der Waals surface area contributed by atoms with Gasteiger partial charge in [0.1, 0.15) is 0 Å². The maximum Gasteiger partial charge on any atom is 0.252 e. The molecule has 0 bridgehead atoms. The zero-order valence-corrected chi connectivity index (χ0v) is 12.8. The summed E-state index contributed by atoms with van der Waals surface area (Å²) in [6, 6.07) is 11.9. The molecule has 2 aromatic rings. The number of thioether (sulfide) groups is 1. The number of carbonyl (C=O) groups is 1. The molecular formula is C15H17ClN2OS. The van der Waals surface area contributed by atoms with E-state index in [9.17, 15) is 4.79 Å². The number of carbonyl (C=O) groups excluding carboxylic acids is 1. The number of benzene rings is 1. The van der Waals surface area contributed by atoms with Crippen LogP contribution in [0.2, 0.25) is 0 Å². The molecule has 3 nitrogen and oxygen atoms in total. The van der Waals surface area contributed by atoms with E-state index < -0.39 is 0 Å². The molecule has 0 atom stereocenters. The van der Waals surface area contributed by atoms with Crippen LogP contribution in [-0.4, -0.2) is 23.7 Å². The zero-order valence-electron chi connectivity index (χ0n) is 11.2. The van der Waals surface area contributed by atoms with Gasteiger partial charge in [-0.2, -0.15) is 0 Å². The third-order valence-corrected chi connectivity index (χ3v) is 3.53. The van der Waals surface area contributed by atoms with Crippen molar-refractivity contribution >= 4 is 30.1 Å². The summed E-state index contributed by atoms with van der Waals surface area (Å²) in [5, 5.41) is 2.89. The minimum atomic E-state index is -0.0752. The van der Waals surface area contributed by atoms with E-state index in [1.165, 1.54) is 10.5 Å². The fraction of sp³-hybridized carbons (Fsp3) is 0.200. The number of pyridine rings is 1. The molecule has 1 aromatic heterocycles. The number of amides is 1. The molecule has 0 radical (unpaired) electrons. The van der Waals surface area contributed by atoms with Crippen molar-refractivity contribution in [2.24, 2.45) is 0 Å². The maximum absolute atomic E-state index is 11.8. The molecule has 0 fully saturated rings. The Balaban J connectivity index is 0.00000200. The highest BCUT2D eigenvalue weighted by molar-refractivity contribution is 7.98. The lowest BCUT2D eigenvalue weighted by Crippen LogP contribution is -2.25. The van der Waals surface area contributed by atoms with Gasteiger partial charge in [0.15, 0.2) is 0 Å². The van der Waals surface area contributed by atoms with Gasteiger partial charge >= 0.3 is 0 Å². The SMILES string of the molecule is CSc1ccc(CCNC(=O)c2cccnc2)cc1.Cl. The summed E-state index contributed by atoms with van der Waals surface area (Å²) in [7, 11) is 0. The summed E-state index contributed by atoms with van der Waals surface area (Å²) < 4.78 is 0. The number of halogens is 1. The molecule has 1 amide bonds. The van der Waals surface area contributed by atoms with Crippen molar-refractivity contribution in [2.75, 3.05) is 12.8 Å². The minimum absolute atomic E-state index is 0. The highest BCUT2D eigenvalue weighted by Gasteiger charge is 2.03. The molecule has 1 aromatic carbocycles. The van der Waals surface area contributed by atoms with Crippen LogP contribution in [0.3, 0.4) is 0 Å². The molecule has 0 saturated heterocycles. The van der Waals surface area contributed by atoms with Crippen molar-refractivity contribution in [1.29, 1.82) is 0 Å². The fourth-order valence-corrected chi connectivity index (χ4v) is 2.12. The van der Waals surface area contributed by atoms with Gasteiger partial charge in [-0.1, -0.05) is 12.1 Å². The Bertz CT molecular complexity index is 531. The first-order valence-electron chi connectivity index (χ1n) is 6.11. The monoisotopic (exact) mass is 308 g/mol. The molecule has 20 heavy (non-hydrogen) atoms. The molecule has 0 aliphatic heterocycles. The van der Waals surface area contributed by atoms with Crippen molar-refractivity contribution in [3.63, 3.8) is 0 Å². The predicted octanol–water partition coefficient (Wildman–Crippen LogP) is 3.20. The van der Waals surface area contributed by atoms with Crippen LogP contribution in [0.1, 0.15) is 15.9 Å². The molecule has 0 saturated carbocycles. The van der Waals surface area contributed by atoms with Crippen molar-refractivity contribution in [3.8, 4) is 0 Å². The molecule has 106 valence electrons. The average molecular weight is 309 g/mol. The van der Waals surface area contributed by atoms with Crippen molar-refractivity contribution in [1.82, 2.24) is 10.3 Å². The quantitative estimate of drug-likeness (QED) is 0.863. The van der Waals surface area contributed by atoms with E-state index in [1.807, 2.05) is 0 Å². The van der Waals surface area contributed by atoms with Gasteiger partial charge in [-0.05, 0) is 42.5 Å². The summed E-state index contributed by atoms with van der Waals surface area (Å²) in [5.41, 5.74) is 1.82. The Hall–Kier alpha value is -1.52. The van der Waals surface area contributed by atoms with E-state index in [-0.39, 0.29) is 18.3 Å². The first-order chi connectivity index (χ1) is 9.29. The summed E-state index contributed by atoms with van der Waals surface area (Å²) >= 11 is 1.73. The Morgan fingerprint density at radius 3 is 2.60 bits per heavy atom. The Labute approximate surface area is 129 Å². The predicted molar refractivity (Wildman–Crippen MR) is 85.7 cm³/mol. The second-order valence-corrected chi connectivity index (χ2v) is 4.98. The topological polar surface area (TPSA) is 42.0 Å². The van der Waals surface area contributed by atoms with E-state index in [0.717, 1.165) is 6.42 Å². The largest absolute Gasteiger partial charge is 0.352 e. The van der Waals surface area contributed by atoms with Crippen LogP contribution in [0.4, 0.5) is 0 Å². The first-order valence-corrected chi connectivity index (χ1v) is 7.33. The van der Waals surface area contributed by atoms with Crippen molar-refractivity contribution in [3.05, 3.63) is 59.9 Å². The first kappa shape index (κ1) is 16.5. The van der Waals surface area contributed by atoms with Crippen LogP contribution in [0.25, 0.3) is 0 Å². The second-order valence-electron chi connectivity index (χ2n) is 4.10. The Morgan fingerprint density at radius 2 is 2.00 bits per heavy atom. The smallest absolute Gasteiger partial charge is 0.252 e. The van der Waals surface area contributed by atoms with Crippen molar-refractivity contribution in [2.45, 2.75) is 11.3 Å². The lowest BCUT2D eigenvalue weighted by Gasteiger charge is -2.05. The van der Waals surface area contributed by atoms with E-state index in [2.05, 4.69) is 40.8 Å². The maximum atomic E-state index is 11.8. The van der Waals surface area contributed by atoms with Crippen LogP contribution in [-0.2, 0) is 6.42 Å². The van der Waals surface area contributed by atoms with Crippen LogP contribution >= 0.6 is 24.2 Å². The Morgan fingerprint density at radius 1 is 1.25 bits per heavy atom. The van der Waals surface area contributed by atoms with Crippen LogP contribution in [0.5, 0.6) is 0 Å². The van der Waals surface area contributed by atoms with E-state index in [4.69, 9.17) is 0 Å². The van der Waals surface area contributed by atoms with Gasteiger partial charge < -0.3 is 5.32 Å². The fourth-order valence-electron chi connectivity index (χ4n) is 1.71. The lowest BCUT2D eigenvalue weighted by atomic mass is 10.1. The number of hydrogen-bond acceptors (Lipinski definition) is 3. The van der Waals surface area contributed by atoms with E-state index >= 15 is 0 Å². The van der Waals surface area contributed by atoms with Gasteiger partial charge in [-0.25, -0.2) is 0 Å². The number of rotatable bonds is 5. The van der Waals surface area contributed by atoms with Gasteiger partial charge in [0.2, 0.25) is 0 Å². The number of nitrogens with one attached hydrogen (secondary N) is 1. The molecule has 0 aliphatic carbocycles. The molecule has 1 N–H and O–H groups in total. The van der Waals surface area contributed by atoms with E-state index in [1.54, 1.807) is 36.3 Å². The second kappa shape index (κ2) is 8.61. The number of nitrogens with zero attached hydrogens (tertiary/aromatic N) is 1. The Kier molecular flexibility index (Phi) is 7.12. The van der Waals surface area contributed by atoms with E-state index in [0.29, 0.717) is 12.1 Å². The third-order valence-electron chi connectivity index (χ3n) is 2.78. The number of aromatic nitrogens is 1. The molecule has 0 spiro atoms. The summed E-state index contributed by atoms with van der Waals surface area (Å²) in [6.07, 6.45) is 6.12. The number of hydrogen-bond donors (Lipinski definition) is 1. The molecular weight excluding hydrogens is 292 g/mol. The molecule has 1 heterocycles. The standard InChI is InChI=1S/C15H16N2OS.ClH/c1-19-14-6-4-12(5-7-14)8-10-17-15(18)13-3-2-9-16-11-13;/h2-7,9,11H,8,10H2,1H3,(H,17,18);1H. The van der Waals surface area contributed by atoms with Crippen molar-refractivity contribution < 1.29 is 4.79 Å². The van der Waals surface area contributed by atoms with Gasteiger partial charge in [-0.15, -0.1) is 24.2 Å². The summed E-state index contributed by atoms with van der Waals surface area (Å²) in [5.74, 6) is -0.0752. The van der Waals surface area contributed by atoms with Gasteiger partial charge in [0.05, 0.1) is 5.56 Å². The molecule has 0 aliphatic rings. The average Bonchev–Trinajstić information content (AvgIpc) is 2.49. The highest BCUT2D eigenvalue weighted by Crippen LogP contribution is 2.14.